The fraction of sp³-hybridized carbons (Fsp3) is 0.583. The van der Waals surface area contributed by atoms with E-state index in [1.807, 2.05) is 18.5 Å². The molecule has 17 heavy (non-hydrogen) atoms. The van der Waals surface area contributed by atoms with Gasteiger partial charge in [-0.05, 0) is 43.6 Å². The molecule has 4 nitrogen and oxygen atoms in total. The highest BCUT2D eigenvalue weighted by atomic mass is 79.9. The lowest BCUT2D eigenvalue weighted by Gasteiger charge is -2.18. The van der Waals surface area contributed by atoms with Crippen LogP contribution in [0.15, 0.2) is 4.47 Å². The summed E-state index contributed by atoms with van der Waals surface area (Å²) in [6.07, 6.45) is 0.383. The van der Waals surface area contributed by atoms with Crippen LogP contribution in [-0.4, -0.2) is 15.6 Å². The van der Waals surface area contributed by atoms with E-state index in [0.29, 0.717) is 6.42 Å². The van der Waals surface area contributed by atoms with Crippen LogP contribution in [0, 0.1) is 23.7 Å². The average molecular weight is 298 g/mol. The molecule has 0 aliphatic rings. The van der Waals surface area contributed by atoms with Crippen molar-refractivity contribution < 1.29 is 4.79 Å². The van der Waals surface area contributed by atoms with E-state index >= 15 is 0 Å². The third kappa shape index (κ3) is 2.58. The molecule has 92 valence electrons. The van der Waals surface area contributed by atoms with Crippen LogP contribution >= 0.6 is 15.9 Å². The Bertz CT molecular complexity index is 487. The van der Waals surface area contributed by atoms with Gasteiger partial charge in [-0.3, -0.25) is 9.48 Å². The van der Waals surface area contributed by atoms with Gasteiger partial charge in [-0.15, -0.1) is 0 Å². The largest absolute Gasteiger partial charge is 0.298 e. The van der Waals surface area contributed by atoms with Crippen molar-refractivity contribution in [1.29, 1.82) is 5.26 Å². The summed E-state index contributed by atoms with van der Waals surface area (Å²) in [5.74, 6) is -0.117. The number of ketones is 1. The van der Waals surface area contributed by atoms with Crippen LogP contribution in [0.4, 0.5) is 0 Å². The maximum atomic E-state index is 11.6. The number of aromatic nitrogens is 2. The van der Waals surface area contributed by atoms with Crippen LogP contribution in [-0.2, 0) is 17.8 Å². The number of hydrogen-bond acceptors (Lipinski definition) is 3. The quantitative estimate of drug-likeness (QED) is 0.858. The van der Waals surface area contributed by atoms with Gasteiger partial charge in [-0.1, -0.05) is 0 Å². The summed E-state index contributed by atoms with van der Waals surface area (Å²) in [4.78, 5) is 11.6. The van der Waals surface area contributed by atoms with Gasteiger partial charge in [0.15, 0.2) is 0 Å². The molecule has 0 bridgehead atoms. The molecule has 0 aliphatic heterocycles. The number of halogens is 1. The first-order valence-corrected chi connectivity index (χ1v) is 6.29. The third-order valence-corrected chi connectivity index (χ3v) is 4.03. The van der Waals surface area contributed by atoms with E-state index in [1.54, 1.807) is 6.92 Å². The Hall–Kier alpha value is -1.15. The number of Topliss-reactive ketones (excluding diaryl/α,β-unsaturated/α-hetero) is 1. The Labute approximate surface area is 110 Å². The van der Waals surface area contributed by atoms with Crippen LogP contribution in [0.5, 0.6) is 0 Å². The summed E-state index contributed by atoms with van der Waals surface area (Å²) in [6.45, 7) is 7.74. The second kappa shape index (κ2) is 5.01. The zero-order chi connectivity index (χ0) is 13.2. The first kappa shape index (κ1) is 13.9. The van der Waals surface area contributed by atoms with Crippen LogP contribution in [0.2, 0.25) is 0 Å². The Morgan fingerprint density at radius 2 is 2.24 bits per heavy atom. The molecule has 1 aromatic rings. The molecule has 0 saturated carbocycles. The lowest BCUT2D eigenvalue weighted by atomic mass is 9.83. The molecule has 0 spiro atoms. The Morgan fingerprint density at radius 1 is 1.65 bits per heavy atom. The van der Waals surface area contributed by atoms with Crippen LogP contribution in [0.25, 0.3) is 0 Å². The van der Waals surface area contributed by atoms with Crippen molar-refractivity contribution in [2.24, 2.45) is 5.41 Å². The summed E-state index contributed by atoms with van der Waals surface area (Å²) < 4.78 is 2.72. The minimum absolute atomic E-state index is 0.117. The van der Waals surface area contributed by atoms with Crippen molar-refractivity contribution in [2.75, 3.05) is 0 Å². The molecule has 0 radical (unpaired) electrons. The zero-order valence-electron chi connectivity index (χ0n) is 10.5. The molecule has 0 N–H and O–H groups in total. The molecule has 0 aliphatic carbocycles. The minimum atomic E-state index is -0.984. The smallest absolute Gasteiger partial charge is 0.150 e. The second-order valence-electron chi connectivity index (χ2n) is 4.34. The molecule has 1 rings (SSSR count). The van der Waals surface area contributed by atoms with E-state index in [2.05, 4.69) is 27.1 Å². The van der Waals surface area contributed by atoms with Crippen molar-refractivity contribution in [3.63, 3.8) is 0 Å². The predicted octanol–water partition coefficient (Wildman–Crippen LogP) is 2.64. The number of hydrogen-bond donors (Lipinski definition) is 0. The summed E-state index contributed by atoms with van der Waals surface area (Å²) in [5, 5.41) is 13.5. The molecule has 1 aromatic heterocycles. The van der Waals surface area contributed by atoms with Crippen LogP contribution in [0.1, 0.15) is 32.2 Å². The maximum absolute atomic E-state index is 11.6. The highest BCUT2D eigenvalue weighted by molar-refractivity contribution is 9.10. The normalized spacial score (nSPS) is 14.1. The van der Waals surface area contributed by atoms with E-state index in [9.17, 15) is 4.79 Å². The van der Waals surface area contributed by atoms with E-state index in [0.717, 1.165) is 22.4 Å². The van der Waals surface area contributed by atoms with Crippen molar-refractivity contribution in [2.45, 2.75) is 40.7 Å². The number of aryl methyl sites for hydroxylation is 2. The van der Waals surface area contributed by atoms with Crippen molar-refractivity contribution in [3.05, 3.63) is 15.9 Å². The predicted molar refractivity (Wildman–Crippen MR) is 68.4 cm³/mol. The first-order chi connectivity index (χ1) is 7.85. The number of nitrogens with zero attached hydrogens (tertiary/aromatic N) is 3. The molecule has 5 heteroatoms. The molecule has 0 fully saturated rings. The van der Waals surface area contributed by atoms with Crippen LogP contribution in [0.3, 0.4) is 0 Å². The molecule has 0 saturated heterocycles. The van der Waals surface area contributed by atoms with Gasteiger partial charge in [0.2, 0.25) is 0 Å². The first-order valence-electron chi connectivity index (χ1n) is 5.49. The van der Waals surface area contributed by atoms with Crippen molar-refractivity contribution >= 4 is 21.7 Å². The number of carbonyl (C=O) groups is 1. The summed E-state index contributed by atoms with van der Waals surface area (Å²) in [5.41, 5.74) is 0.803. The van der Waals surface area contributed by atoms with E-state index < -0.39 is 5.41 Å². The minimum Gasteiger partial charge on any atom is -0.298 e. The van der Waals surface area contributed by atoms with E-state index in [1.165, 1.54) is 6.92 Å². The molecule has 0 aromatic carbocycles. The van der Waals surface area contributed by atoms with Gasteiger partial charge in [-0.2, -0.15) is 10.4 Å². The monoisotopic (exact) mass is 297 g/mol. The second-order valence-corrected chi connectivity index (χ2v) is 5.13. The van der Waals surface area contributed by atoms with Gasteiger partial charge in [-0.25, -0.2) is 0 Å². The number of carbonyl (C=O) groups excluding carboxylic acids is 1. The molecule has 0 amide bonds. The third-order valence-electron chi connectivity index (χ3n) is 3.00. The fourth-order valence-electron chi connectivity index (χ4n) is 1.62. The summed E-state index contributed by atoms with van der Waals surface area (Å²) in [6, 6.07) is 2.10. The highest BCUT2D eigenvalue weighted by Crippen LogP contribution is 2.29. The SMILES string of the molecule is CCn1nc(C)c(Br)c1CC(C)(C#N)C(C)=O. The Balaban J connectivity index is 3.19. The summed E-state index contributed by atoms with van der Waals surface area (Å²) >= 11 is 3.47. The highest BCUT2D eigenvalue weighted by Gasteiger charge is 2.32. The molecular formula is C12H16BrN3O. The van der Waals surface area contributed by atoms with E-state index in [4.69, 9.17) is 5.26 Å². The molecule has 1 atom stereocenters. The van der Waals surface area contributed by atoms with Gasteiger partial charge in [0.25, 0.3) is 0 Å². The fourth-order valence-corrected chi connectivity index (χ4v) is 2.04. The Kier molecular flexibility index (Phi) is 4.10. The molecular weight excluding hydrogens is 282 g/mol. The van der Waals surface area contributed by atoms with E-state index in [-0.39, 0.29) is 5.78 Å². The van der Waals surface area contributed by atoms with Gasteiger partial charge < -0.3 is 0 Å². The maximum Gasteiger partial charge on any atom is 0.150 e. The summed E-state index contributed by atoms with van der Waals surface area (Å²) in [7, 11) is 0. The van der Waals surface area contributed by atoms with Crippen molar-refractivity contribution in [1.82, 2.24) is 9.78 Å². The van der Waals surface area contributed by atoms with Gasteiger partial charge >= 0.3 is 0 Å². The van der Waals surface area contributed by atoms with Gasteiger partial charge in [0, 0.05) is 13.0 Å². The van der Waals surface area contributed by atoms with Crippen molar-refractivity contribution in [3.8, 4) is 6.07 Å². The van der Waals surface area contributed by atoms with Gasteiger partial charge in [0.05, 0.1) is 21.9 Å². The average Bonchev–Trinajstić information content (AvgIpc) is 2.56. The van der Waals surface area contributed by atoms with Crippen LogP contribution < -0.4 is 0 Å². The Morgan fingerprint density at radius 3 is 2.65 bits per heavy atom. The molecule has 1 unspecified atom stereocenters. The zero-order valence-corrected chi connectivity index (χ0v) is 12.1. The standard InChI is InChI=1S/C12H16BrN3O/c1-5-16-10(11(13)8(2)15-16)6-12(4,7-14)9(3)17/h5-6H2,1-4H3. The lowest BCUT2D eigenvalue weighted by Crippen LogP contribution is -2.27. The molecule has 1 heterocycles. The topological polar surface area (TPSA) is 58.7 Å². The number of nitriles is 1. The lowest BCUT2D eigenvalue weighted by molar-refractivity contribution is -0.123. The van der Waals surface area contributed by atoms with Gasteiger partial charge in [0.1, 0.15) is 11.2 Å². The number of rotatable bonds is 4.